The zero-order chi connectivity index (χ0) is 13.5. The lowest BCUT2D eigenvalue weighted by Gasteiger charge is -2.14. The van der Waals surface area contributed by atoms with Crippen molar-refractivity contribution in [1.82, 2.24) is 5.32 Å². The van der Waals surface area contributed by atoms with E-state index in [-0.39, 0.29) is 18.7 Å². The Morgan fingerprint density at radius 1 is 1.39 bits per heavy atom. The molecule has 0 spiro atoms. The minimum atomic E-state index is -1.07. The molecular formula is C13H14N2O3. The molecule has 0 bridgehead atoms. The van der Waals surface area contributed by atoms with Crippen molar-refractivity contribution in [2.24, 2.45) is 0 Å². The number of nitriles is 1. The maximum atomic E-state index is 11.2. The summed E-state index contributed by atoms with van der Waals surface area (Å²) < 4.78 is 0. The van der Waals surface area contributed by atoms with Crippen molar-refractivity contribution in [2.45, 2.75) is 25.8 Å². The summed E-state index contributed by atoms with van der Waals surface area (Å²) in [7, 11) is 0. The number of carbonyl (C=O) groups excluding carboxylic acids is 1. The lowest BCUT2D eigenvalue weighted by atomic mass is 10.0. The van der Waals surface area contributed by atoms with Crippen molar-refractivity contribution in [3.8, 4) is 6.07 Å². The van der Waals surface area contributed by atoms with Crippen molar-refractivity contribution < 1.29 is 14.7 Å². The standard InChI is InChI=1S/C13H14N2O3/c1-2-12(16)15-11(13(17)18)7-9-3-5-10(8-14)6-4-9/h3-6,11H,2,7H2,1H3,(H,15,16)(H,17,18). The van der Waals surface area contributed by atoms with E-state index in [1.54, 1.807) is 31.2 Å². The third-order valence-corrected chi connectivity index (χ3v) is 2.48. The van der Waals surface area contributed by atoms with E-state index in [4.69, 9.17) is 10.4 Å². The number of carbonyl (C=O) groups is 2. The first-order valence-electron chi connectivity index (χ1n) is 5.58. The van der Waals surface area contributed by atoms with Crippen LogP contribution in [0.4, 0.5) is 0 Å². The maximum absolute atomic E-state index is 11.2. The molecule has 0 fully saturated rings. The highest BCUT2D eigenvalue weighted by Crippen LogP contribution is 2.06. The van der Waals surface area contributed by atoms with Gasteiger partial charge in [0.05, 0.1) is 11.6 Å². The molecule has 1 atom stereocenters. The van der Waals surface area contributed by atoms with Gasteiger partial charge >= 0.3 is 5.97 Å². The van der Waals surface area contributed by atoms with Gasteiger partial charge in [-0.25, -0.2) is 4.79 Å². The fraction of sp³-hybridized carbons (Fsp3) is 0.308. The molecule has 1 aromatic rings. The van der Waals surface area contributed by atoms with Gasteiger partial charge in [0, 0.05) is 12.8 Å². The van der Waals surface area contributed by atoms with E-state index in [1.165, 1.54) is 0 Å². The number of aliphatic carboxylic acids is 1. The molecule has 5 nitrogen and oxygen atoms in total. The van der Waals surface area contributed by atoms with Gasteiger partial charge in [-0.3, -0.25) is 4.79 Å². The van der Waals surface area contributed by atoms with Gasteiger partial charge in [-0.1, -0.05) is 19.1 Å². The molecule has 1 aromatic carbocycles. The normalized spacial score (nSPS) is 11.3. The molecule has 0 aliphatic carbocycles. The average Bonchev–Trinajstić information content (AvgIpc) is 2.38. The number of carboxylic acid groups (broad SMARTS) is 1. The van der Waals surface area contributed by atoms with Gasteiger partial charge in [0.25, 0.3) is 0 Å². The molecule has 0 aromatic heterocycles. The van der Waals surface area contributed by atoms with Crippen molar-refractivity contribution in [2.75, 3.05) is 0 Å². The van der Waals surface area contributed by atoms with Crippen LogP contribution < -0.4 is 5.32 Å². The minimum absolute atomic E-state index is 0.201. The van der Waals surface area contributed by atoms with Gasteiger partial charge in [-0.05, 0) is 17.7 Å². The molecule has 1 rings (SSSR count). The summed E-state index contributed by atoms with van der Waals surface area (Å²) in [5.74, 6) is -1.36. The third kappa shape index (κ3) is 3.91. The van der Waals surface area contributed by atoms with Crippen LogP contribution in [-0.4, -0.2) is 23.0 Å². The van der Waals surface area contributed by atoms with Crippen LogP contribution in [0, 0.1) is 11.3 Å². The van der Waals surface area contributed by atoms with Crippen LogP contribution in [0.5, 0.6) is 0 Å². The van der Waals surface area contributed by atoms with Gasteiger partial charge in [0.2, 0.25) is 5.91 Å². The molecule has 0 radical (unpaired) electrons. The third-order valence-electron chi connectivity index (χ3n) is 2.48. The van der Waals surface area contributed by atoms with E-state index >= 15 is 0 Å². The Bertz CT molecular complexity index is 474. The number of hydrogen-bond donors (Lipinski definition) is 2. The highest BCUT2D eigenvalue weighted by molar-refractivity contribution is 5.83. The molecule has 18 heavy (non-hydrogen) atoms. The lowest BCUT2D eigenvalue weighted by molar-refractivity contribution is -0.141. The monoisotopic (exact) mass is 246 g/mol. The number of nitrogens with one attached hydrogen (secondary N) is 1. The Kier molecular flexibility index (Phi) is 4.88. The highest BCUT2D eigenvalue weighted by Gasteiger charge is 2.19. The summed E-state index contributed by atoms with van der Waals surface area (Å²) in [6.45, 7) is 1.66. The second-order valence-electron chi connectivity index (χ2n) is 3.82. The molecule has 2 N–H and O–H groups in total. The van der Waals surface area contributed by atoms with Gasteiger partial charge in [0.1, 0.15) is 6.04 Å². The second kappa shape index (κ2) is 6.40. The zero-order valence-corrected chi connectivity index (χ0v) is 10.0. The maximum Gasteiger partial charge on any atom is 0.326 e. The Morgan fingerprint density at radius 2 is 2.00 bits per heavy atom. The molecule has 0 aliphatic rings. The Hall–Kier alpha value is -2.35. The van der Waals surface area contributed by atoms with Crippen LogP contribution in [0.1, 0.15) is 24.5 Å². The van der Waals surface area contributed by atoms with E-state index in [9.17, 15) is 9.59 Å². The predicted octanol–water partition coefficient (Wildman–Crippen LogP) is 1.08. The zero-order valence-electron chi connectivity index (χ0n) is 10.0. The average molecular weight is 246 g/mol. The van der Waals surface area contributed by atoms with Crippen molar-refractivity contribution in [3.63, 3.8) is 0 Å². The summed E-state index contributed by atoms with van der Waals surface area (Å²) >= 11 is 0. The topological polar surface area (TPSA) is 90.2 Å². The summed E-state index contributed by atoms with van der Waals surface area (Å²) in [4.78, 5) is 22.2. The number of benzene rings is 1. The molecule has 0 heterocycles. The molecule has 94 valence electrons. The minimum Gasteiger partial charge on any atom is -0.480 e. The first-order chi connectivity index (χ1) is 8.56. The SMILES string of the molecule is CCC(=O)NC(Cc1ccc(C#N)cc1)C(=O)O. The largest absolute Gasteiger partial charge is 0.480 e. The summed E-state index contributed by atoms with van der Waals surface area (Å²) in [5.41, 5.74) is 1.28. The van der Waals surface area contributed by atoms with Gasteiger partial charge in [0.15, 0.2) is 0 Å². The fourth-order valence-corrected chi connectivity index (χ4v) is 1.45. The van der Waals surface area contributed by atoms with Crippen molar-refractivity contribution in [1.29, 1.82) is 5.26 Å². The highest BCUT2D eigenvalue weighted by atomic mass is 16.4. The van der Waals surface area contributed by atoms with Crippen LogP contribution in [0.3, 0.4) is 0 Å². The number of carboxylic acids is 1. The molecular weight excluding hydrogens is 232 g/mol. The number of hydrogen-bond acceptors (Lipinski definition) is 3. The first kappa shape index (κ1) is 13.7. The van der Waals surface area contributed by atoms with Gasteiger partial charge in [-0.2, -0.15) is 5.26 Å². The predicted molar refractivity (Wildman–Crippen MR) is 64.7 cm³/mol. The molecule has 0 saturated carbocycles. The van der Waals surface area contributed by atoms with E-state index in [0.29, 0.717) is 5.56 Å². The summed E-state index contributed by atoms with van der Waals surface area (Å²) in [6, 6.07) is 7.66. The van der Waals surface area contributed by atoms with E-state index in [2.05, 4.69) is 5.32 Å². The van der Waals surface area contributed by atoms with Crippen LogP contribution in [0.25, 0.3) is 0 Å². The molecule has 0 aliphatic heterocycles. The quantitative estimate of drug-likeness (QED) is 0.813. The van der Waals surface area contributed by atoms with Crippen LogP contribution in [0.2, 0.25) is 0 Å². The number of nitrogens with zero attached hydrogens (tertiary/aromatic N) is 1. The van der Waals surface area contributed by atoms with Gasteiger partial charge in [-0.15, -0.1) is 0 Å². The summed E-state index contributed by atoms with van der Waals surface area (Å²) in [6.07, 6.45) is 0.448. The lowest BCUT2D eigenvalue weighted by Crippen LogP contribution is -2.42. The van der Waals surface area contributed by atoms with Crippen LogP contribution in [0.15, 0.2) is 24.3 Å². The molecule has 1 unspecified atom stereocenters. The van der Waals surface area contributed by atoms with Crippen LogP contribution >= 0.6 is 0 Å². The van der Waals surface area contributed by atoms with Crippen molar-refractivity contribution in [3.05, 3.63) is 35.4 Å². The van der Waals surface area contributed by atoms with E-state index in [1.807, 2.05) is 6.07 Å². The number of rotatable bonds is 5. The van der Waals surface area contributed by atoms with Gasteiger partial charge < -0.3 is 10.4 Å². The first-order valence-corrected chi connectivity index (χ1v) is 5.58. The molecule has 5 heteroatoms. The molecule has 0 saturated heterocycles. The van der Waals surface area contributed by atoms with E-state index < -0.39 is 12.0 Å². The van der Waals surface area contributed by atoms with Crippen molar-refractivity contribution >= 4 is 11.9 Å². The summed E-state index contributed by atoms with van der Waals surface area (Å²) in [5, 5.41) is 20.1. The Morgan fingerprint density at radius 3 is 2.44 bits per heavy atom. The van der Waals surface area contributed by atoms with Crippen LogP contribution in [-0.2, 0) is 16.0 Å². The second-order valence-corrected chi connectivity index (χ2v) is 3.82. The molecule has 1 amide bonds. The fourth-order valence-electron chi connectivity index (χ4n) is 1.45. The van der Waals surface area contributed by atoms with E-state index in [0.717, 1.165) is 5.56 Å². The Balaban J connectivity index is 2.74. The Labute approximate surface area is 105 Å². The smallest absolute Gasteiger partial charge is 0.326 e. The number of amides is 1.